The van der Waals surface area contributed by atoms with Crippen LogP contribution < -0.4 is 5.56 Å². The van der Waals surface area contributed by atoms with E-state index >= 15 is 0 Å². The second-order valence-electron chi connectivity index (χ2n) is 4.51. The zero-order valence-corrected chi connectivity index (χ0v) is 10.6. The first kappa shape index (κ1) is 11.7. The van der Waals surface area contributed by atoms with E-state index < -0.39 is 0 Å². The van der Waals surface area contributed by atoms with Crippen molar-refractivity contribution in [1.29, 1.82) is 0 Å². The van der Waals surface area contributed by atoms with Gasteiger partial charge in [0.25, 0.3) is 5.56 Å². The molecule has 0 aliphatic rings. The number of aliphatic hydroxyl groups excluding tert-OH is 1. The molecular weight excluding hydrogens is 240 g/mol. The Kier molecular flexibility index (Phi) is 2.72. The van der Waals surface area contributed by atoms with E-state index in [0.29, 0.717) is 11.2 Å². The molecule has 1 aromatic carbocycles. The molecule has 0 bridgehead atoms. The smallest absolute Gasteiger partial charge is 0.279 e. The molecule has 0 fully saturated rings. The molecule has 1 N–H and O–H groups in total. The van der Waals surface area contributed by atoms with Gasteiger partial charge < -0.3 is 9.51 Å². The van der Waals surface area contributed by atoms with Crippen LogP contribution >= 0.6 is 0 Å². The van der Waals surface area contributed by atoms with Gasteiger partial charge in [-0.3, -0.25) is 9.36 Å². The quantitative estimate of drug-likeness (QED) is 0.759. The van der Waals surface area contributed by atoms with Crippen LogP contribution in [0, 0.1) is 6.92 Å². The minimum atomic E-state index is -0.183. The Hall–Kier alpha value is -2.33. The molecule has 4 nitrogen and oxygen atoms in total. The number of aliphatic hydroxyl groups is 1. The highest BCUT2D eigenvalue weighted by Gasteiger charge is 2.12. The van der Waals surface area contributed by atoms with Gasteiger partial charge in [-0.1, -0.05) is 18.2 Å². The minimum absolute atomic E-state index is 0.111. The Morgan fingerprint density at radius 2 is 1.89 bits per heavy atom. The summed E-state index contributed by atoms with van der Waals surface area (Å²) >= 11 is 0. The zero-order valence-electron chi connectivity index (χ0n) is 10.6. The first-order valence-electron chi connectivity index (χ1n) is 6.11. The average molecular weight is 254 g/mol. The molecule has 2 heterocycles. The second-order valence-corrected chi connectivity index (χ2v) is 4.51. The summed E-state index contributed by atoms with van der Waals surface area (Å²) < 4.78 is 3.32. The van der Waals surface area contributed by atoms with Crippen LogP contribution in [-0.2, 0) is 6.61 Å². The molecule has 0 radical (unpaired) electrons. The van der Waals surface area contributed by atoms with Crippen molar-refractivity contribution in [2.75, 3.05) is 0 Å². The Bertz CT molecular complexity index is 785. The van der Waals surface area contributed by atoms with Gasteiger partial charge in [-0.15, -0.1) is 0 Å². The highest BCUT2D eigenvalue weighted by molar-refractivity contribution is 5.55. The molecule has 0 aliphatic heterocycles. The average Bonchev–Trinajstić information content (AvgIpc) is 2.81. The van der Waals surface area contributed by atoms with Gasteiger partial charge in [0, 0.05) is 18.1 Å². The van der Waals surface area contributed by atoms with E-state index in [-0.39, 0.29) is 12.2 Å². The molecule has 96 valence electrons. The molecule has 0 spiro atoms. The summed E-state index contributed by atoms with van der Waals surface area (Å²) in [5.74, 6) is 0. The fourth-order valence-corrected chi connectivity index (χ4v) is 2.36. The highest BCUT2D eigenvalue weighted by Crippen LogP contribution is 2.13. The van der Waals surface area contributed by atoms with Crippen molar-refractivity contribution < 1.29 is 5.11 Å². The molecule has 2 aromatic heterocycles. The van der Waals surface area contributed by atoms with Crippen molar-refractivity contribution in [3.8, 4) is 5.69 Å². The Labute approximate surface area is 110 Å². The standard InChI is InChI=1S/C15H14N2O2/c1-11-7-8-16-9-13(10-18)17(15(19)14(11)16)12-5-3-2-4-6-12/h2-9,18H,10H2,1H3. The third-order valence-corrected chi connectivity index (χ3v) is 3.27. The maximum atomic E-state index is 12.6. The monoisotopic (exact) mass is 254 g/mol. The van der Waals surface area contributed by atoms with Gasteiger partial charge in [-0.2, -0.15) is 0 Å². The number of aromatic nitrogens is 2. The summed E-state index contributed by atoms with van der Waals surface area (Å²) in [6.45, 7) is 1.72. The van der Waals surface area contributed by atoms with Crippen molar-refractivity contribution in [3.63, 3.8) is 0 Å². The van der Waals surface area contributed by atoms with E-state index in [2.05, 4.69) is 0 Å². The maximum absolute atomic E-state index is 12.6. The van der Waals surface area contributed by atoms with Gasteiger partial charge in [0.1, 0.15) is 5.52 Å². The van der Waals surface area contributed by atoms with Crippen LogP contribution in [0.4, 0.5) is 0 Å². The minimum Gasteiger partial charge on any atom is -0.390 e. The zero-order chi connectivity index (χ0) is 13.4. The summed E-state index contributed by atoms with van der Waals surface area (Å²) in [4.78, 5) is 12.6. The van der Waals surface area contributed by atoms with E-state index in [1.807, 2.05) is 49.5 Å². The number of para-hydroxylation sites is 1. The van der Waals surface area contributed by atoms with E-state index in [1.165, 1.54) is 0 Å². The molecule has 0 saturated heterocycles. The number of nitrogens with zero attached hydrogens (tertiary/aromatic N) is 2. The number of fused-ring (bicyclic) bond motifs is 1. The number of hydrogen-bond donors (Lipinski definition) is 1. The molecule has 3 aromatic rings. The van der Waals surface area contributed by atoms with Crippen molar-refractivity contribution in [2.45, 2.75) is 13.5 Å². The molecule has 0 unspecified atom stereocenters. The molecule has 3 rings (SSSR count). The summed E-state index contributed by atoms with van der Waals surface area (Å²) in [5, 5.41) is 9.50. The van der Waals surface area contributed by atoms with Crippen LogP contribution in [-0.4, -0.2) is 14.1 Å². The molecule has 4 heteroatoms. The van der Waals surface area contributed by atoms with Crippen LogP contribution in [0.2, 0.25) is 0 Å². The summed E-state index contributed by atoms with van der Waals surface area (Å²) in [6.07, 6.45) is 3.62. The van der Waals surface area contributed by atoms with Gasteiger partial charge in [-0.25, -0.2) is 0 Å². The molecule has 0 amide bonds. The fourth-order valence-electron chi connectivity index (χ4n) is 2.36. The highest BCUT2D eigenvalue weighted by atomic mass is 16.3. The molecule has 0 saturated carbocycles. The predicted molar refractivity (Wildman–Crippen MR) is 73.7 cm³/mol. The SMILES string of the molecule is Cc1ccn2cc(CO)n(-c3ccccc3)c(=O)c12. The van der Waals surface area contributed by atoms with Crippen molar-refractivity contribution in [1.82, 2.24) is 8.97 Å². The van der Waals surface area contributed by atoms with Crippen molar-refractivity contribution in [3.05, 3.63) is 70.4 Å². The van der Waals surface area contributed by atoms with E-state index in [4.69, 9.17) is 0 Å². The number of rotatable bonds is 2. The van der Waals surface area contributed by atoms with Gasteiger partial charge >= 0.3 is 0 Å². The molecule has 0 atom stereocenters. The lowest BCUT2D eigenvalue weighted by Crippen LogP contribution is -2.24. The lowest BCUT2D eigenvalue weighted by Gasteiger charge is -2.12. The molecular formula is C15H14N2O2. The summed E-state index contributed by atoms with van der Waals surface area (Å²) in [6, 6.07) is 11.3. The Morgan fingerprint density at radius 1 is 1.16 bits per heavy atom. The Balaban J connectivity index is 2.43. The third kappa shape index (κ3) is 1.77. The van der Waals surface area contributed by atoms with Crippen molar-refractivity contribution >= 4 is 5.52 Å². The maximum Gasteiger partial charge on any atom is 0.279 e. The third-order valence-electron chi connectivity index (χ3n) is 3.27. The number of benzene rings is 1. The Morgan fingerprint density at radius 3 is 2.58 bits per heavy atom. The fraction of sp³-hybridized carbons (Fsp3) is 0.133. The molecule has 19 heavy (non-hydrogen) atoms. The van der Waals surface area contributed by atoms with Crippen LogP contribution in [0.15, 0.2) is 53.6 Å². The summed E-state index contributed by atoms with van der Waals surface area (Å²) in [7, 11) is 0. The largest absolute Gasteiger partial charge is 0.390 e. The van der Waals surface area contributed by atoms with E-state index in [9.17, 15) is 9.90 Å². The second kappa shape index (κ2) is 4.40. The van der Waals surface area contributed by atoms with Crippen molar-refractivity contribution in [2.24, 2.45) is 0 Å². The normalized spacial score (nSPS) is 11.1. The van der Waals surface area contributed by atoms with Crippen LogP contribution in [0.1, 0.15) is 11.3 Å². The lowest BCUT2D eigenvalue weighted by atomic mass is 10.2. The first-order valence-corrected chi connectivity index (χ1v) is 6.11. The number of aryl methyl sites for hydroxylation is 1. The predicted octanol–water partition coefficient (Wildman–Crippen LogP) is 1.89. The number of hydrogen-bond acceptors (Lipinski definition) is 2. The van der Waals surface area contributed by atoms with Gasteiger partial charge in [0.2, 0.25) is 0 Å². The molecule has 0 aliphatic carbocycles. The van der Waals surface area contributed by atoms with Gasteiger partial charge in [0.15, 0.2) is 0 Å². The van der Waals surface area contributed by atoms with Crippen LogP contribution in [0.3, 0.4) is 0 Å². The van der Waals surface area contributed by atoms with E-state index in [0.717, 1.165) is 11.3 Å². The van der Waals surface area contributed by atoms with Gasteiger partial charge in [-0.05, 0) is 30.7 Å². The van der Waals surface area contributed by atoms with E-state index in [1.54, 1.807) is 15.2 Å². The summed E-state index contributed by atoms with van der Waals surface area (Å²) in [5.41, 5.74) is 2.79. The lowest BCUT2D eigenvalue weighted by molar-refractivity contribution is 0.272. The topological polar surface area (TPSA) is 46.6 Å². The van der Waals surface area contributed by atoms with Crippen LogP contribution in [0.5, 0.6) is 0 Å². The van der Waals surface area contributed by atoms with Gasteiger partial charge in [0.05, 0.1) is 12.3 Å². The van der Waals surface area contributed by atoms with Crippen LogP contribution in [0.25, 0.3) is 11.2 Å². The first-order chi connectivity index (χ1) is 9.22.